The van der Waals surface area contributed by atoms with Crippen molar-refractivity contribution < 1.29 is 14.6 Å². The lowest BCUT2D eigenvalue weighted by Gasteiger charge is -2.16. The van der Waals surface area contributed by atoms with Crippen molar-refractivity contribution in [2.75, 3.05) is 0 Å². The van der Waals surface area contributed by atoms with Crippen LogP contribution in [0.25, 0.3) is 28.1 Å². The first-order chi connectivity index (χ1) is 14.1. The van der Waals surface area contributed by atoms with Gasteiger partial charge in [-0.3, -0.25) is 4.98 Å². The number of benzene rings is 2. The van der Waals surface area contributed by atoms with Crippen molar-refractivity contribution in [3.8, 4) is 11.1 Å². The second-order valence-corrected chi connectivity index (χ2v) is 7.81. The molecule has 1 aliphatic rings. The smallest absolute Gasteiger partial charge is 0.123 e. The lowest BCUT2D eigenvalue weighted by molar-refractivity contribution is 0.102. The van der Waals surface area contributed by atoms with Gasteiger partial charge in [-0.05, 0) is 43.0 Å². The number of fused-ring (bicyclic) bond motifs is 1. The highest BCUT2D eigenvalue weighted by Gasteiger charge is 2.29. The average Bonchev–Trinajstić information content (AvgIpc) is 3.57. The van der Waals surface area contributed by atoms with E-state index in [2.05, 4.69) is 0 Å². The zero-order valence-electron chi connectivity index (χ0n) is 16.6. The molecule has 0 unspecified atom stereocenters. The summed E-state index contributed by atoms with van der Waals surface area (Å²) < 4.78 is 13.6. The topological polar surface area (TPSA) is 53.4 Å². The number of aromatic nitrogens is 1. The SMILES string of the molecule is CC[C@@H](O)C[C@H](O)C=Cc1c(C2CC2)nc2ccccc2c1-c1ccc(F)cc1. The Balaban J connectivity index is 1.87. The van der Waals surface area contributed by atoms with Gasteiger partial charge in [-0.15, -0.1) is 0 Å². The summed E-state index contributed by atoms with van der Waals surface area (Å²) >= 11 is 0. The largest absolute Gasteiger partial charge is 0.393 e. The summed E-state index contributed by atoms with van der Waals surface area (Å²) in [6.07, 6.45) is 5.53. The Hall–Kier alpha value is -2.56. The molecule has 4 heteroatoms. The summed E-state index contributed by atoms with van der Waals surface area (Å²) in [4.78, 5) is 4.94. The van der Waals surface area contributed by atoms with E-state index in [4.69, 9.17) is 4.98 Å². The number of pyridine rings is 1. The molecule has 2 atom stereocenters. The highest BCUT2D eigenvalue weighted by atomic mass is 19.1. The lowest BCUT2D eigenvalue weighted by Crippen LogP contribution is -2.14. The Labute approximate surface area is 170 Å². The first-order valence-corrected chi connectivity index (χ1v) is 10.3. The van der Waals surface area contributed by atoms with Gasteiger partial charge in [-0.2, -0.15) is 0 Å². The number of para-hydroxylation sites is 1. The minimum Gasteiger partial charge on any atom is -0.393 e. The Kier molecular flexibility index (Phi) is 5.74. The van der Waals surface area contributed by atoms with Crippen LogP contribution in [0.1, 0.15) is 49.8 Å². The van der Waals surface area contributed by atoms with E-state index in [0.29, 0.717) is 18.8 Å². The van der Waals surface area contributed by atoms with Crippen LogP contribution in [-0.2, 0) is 0 Å². The zero-order valence-corrected chi connectivity index (χ0v) is 16.6. The third kappa shape index (κ3) is 4.39. The molecule has 0 bridgehead atoms. The summed E-state index contributed by atoms with van der Waals surface area (Å²) in [6, 6.07) is 14.5. The molecule has 0 radical (unpaired) electrons. The molecule has 29 heavy (non-hydrogen) atoms. The van der Waals surface area contributed by atoms with E-state index in [1.165, 1.54) is 12.1 Å². The van der Waals surface area contributed by atoms with Crippen LogP contribution in [0, 0.1) is 5.82 Å². The number of aliphatic hydroxyl groups excluding tert-OH is 2. The maximum Gasteiger partial charge on any atom is 0.123 e. The van der Waals surface area contributed by atoms with Gasteiger partial charge < -0.3 is 10.2 Å². The zero-order chi connectivity index (χ0) is 20.4. The van der Waals surface area contributed by atoms with E-state index in [-0.39, 0.29) is 5.82 Å². The molecule has 0 saturated heterocycles. The summed E-state index contributed by atoms with van der Waals surface area (Å²) in [7, 11) is 0. The second-order valence-electron chi connectivity index (χ2n) is 7.81. The van der Waals surface area contributed by atoms with Crippen molar-refractivity contribution in [2.24, 2.45) is 0 Å². The first kappa shape index (κ1) is 19.7. The predicted octanol–water partition coefficient (Wildman–Crippen LogP) is 5.45. The Morgan fingerprint density at radius 3 is 2.52 bits per heavy atom. The van der Waals surface area contributed by atoms with Gasteiger partial charge in [0.05, 0.1) is 23.4 Å². The summed E-state index contributed by atoms with van der Waals surface area (Å²) in [5.41, 5.74) is 4.87. The second kappa shape index (κ2) is 8.44. The maximum absolute atomic E-state index is 13.6. The fraction of sp³-hybridized carbons (Fsp3) is 0.320. The van der Waals surface area contributed by atoms with E-state index in [9.17, 15) is 14.6 Å². The molecule has 3 nitrogen and oxygen atoms in total. The Morgan fingerprint density at radius 2 is 1.83 bits per heavy atom. The van der Waals surface area contributed by atoms with Crippen molar-refractivity contribution in [1.29, 1.82) is 0 Å². The molecule has 4 rings (SSSR count). The van der Waals surface area contributed by atoms with Crippen molar-refractivity contribution >= 4 is 17.0 Å². The standard InChI is InChI=1S/C25H26FNO2/c1-2-19(28)15-20(29)13-14-22-24(16-9-11-18(26)12-10-16)21-5-3-4-6-23(21)27-25(22)17-7-8-17/h3-6,9-14,17,19-20,28-29H,2,7-8,15H2,1H3/t19-,20-/m1/s1. The molecular formula is C25H26FNO2. The molecule has 0 aliphatic heterocycles. The van der Waals surface area contributed by atoms with Gasteiger partial charge in [0.1, 0.15) is 5.82 Å². The Bertz CT molecular complexity index is 1020. The van der Waals surface area contributed by atoms with Crippen molar-refractivity contribution in [2.45, 2.75) is 50.7 Å². The molecule has 2 aromatic carbocycles. The fourth-order valence-electron chi connectivity index (χ4n) is 3.74. The molecule has 0 spiro atoms. The van der Waals surface area contributed by atoms with Crippen LogP contribution in [0.3, 0.4) is 0 Å². The van der Waals surface area contributed by atoms with Gasteiger partial charge in [0.25, 0.3) is 0 Å². The molecule has 1 aromatic heterocycles. The third-order valence-electron chi connectivity index (χ3n) is 5.53. The number of nitrogens with zero attached hydrogens (tertiary/aromatic N) is 1. The van der Waals surface area contributed by atoms with Gasteiger partial charge >= 0.3 is 0 Å². The van der Waals surface area contributed by atoms with Gasteiger partial charge in [0.15, 0.2) is 0 Å². The molecule has 1 heterocycles. The molecule has 3 aromatic rings. The van der Waals surface area contributed by atoms with Gasteiger partial charge in [0, 0.05) is 28.9 Å². The number of hydrogen-bond donors (Lipinski definition) is 2. The quantitative estimate of drug-likeness (QED) is 0.563. The van der Waals surface area contributed by atoms with Crippen molar-refractivity contribution in [3.63, 3.8) is 0 Å². The van der Waals surface area contributed by atoms with E-state index < -0.39 is 12.2 Å². The highest BCUT2D eigenvalue weighted by Crippen LogP contribution is 2.45. The van der Waals surface area contributed by atoms with Crippen molar-refractivity contribution in [3.05, 3.63) is 71.7 Å². The van der Waals surface area contributed by atoms with E-state index >= 15 is 0 Å². The Morgan fingerprint density at radius 1 is 1.10 bits per heavy atom. The minimum absolute atomic E-state index is 0.268. The molecule has 150 valence electrons. The normalized spacial score (nSPS) is 16.4. The highest BCUT2D eigenvalue weighted by molar-refractivity contribution is 5.99. The van der Waals surface area contributed by atoms with Crippen LogP contribution in [0.15, 0.2) is 54.6 Å². The number of halogens is 1. The molecule has 1 aliphatic carbocycles. The molecule has 2 N–H and O–H groups in total. The third-order valence-corrected chi connectivity index (χ3v) is 5.53. The fourth-order valence-corrected chi connectivity index (χ4v) is 3.74. The van der Waals surface area contributed by atoms with E-state index in [1.807, 2.05) is 37.3 Å². The maximum atomic E-state index is 13.6. The first-order valence-electron chi connectivity index (χ1n) is 10.3. The van der Waals surface area contributed by atoms with Gasteiger partial charge in [-0.1, -0.05) is 49.4 Å². The summed E-state index contributed by atoms with van der Waals surface area (Å²) in [5, 5.41) is 21.2. The van der Waals surface area contributed by atoms with E-state index in [0.717, 1.165) is 46.1 Å². The molecule has 0 amide bonds. The molecule has 1 fully saturated rings. The molecular weight excluding hydrogens is 365 g/mol. The predicted molar refractivity (Wildman–Crippen MR) is 115 cm³/mol. The molecule has 1 saturated carbocycles. The van der Waals surface area contributed by atoms with Crippen LogP contribution in [0.2, 0.25) is 0 Å². The average molecular weight is 391 g/mol. The van der Waals surface area contributed by atoms with Crippen LogP contribution in [0.4, 0.5) is 4.39 Å². The van der Waals surface area contributed by atoms with Gasteiger partial charge in [0.2, 0.25) is 0 Å². The van der Waals surface area contributed by atoms with Crippen molar-refractivity contribution in [1.82, 2.24) is 4.98 Å². The number of aliphatic hydroxyl groups is 2. The van der Waals surface area contributed by atoms with Crippen LogP contribution in [0.5, 0.6) is 0 Å². The van der Waals surface area contributed by atoms with Crippen LogP contribution >= 0.6 is 0 Å². The summed E-state index contributed by atoms with van der Waals surface area (Å²) in [6.45, 7) is 1.90. The van der Waals surface area contributed by atoms with Gasteiger partial charge in [-0.25, -0.2) is 4.39 Å². The van der Waals surface area contributed by atoms with E-state index in [1.54, 1.807) is 18.2 Å². The lowest BCUT2D eigenvalue weighted by atomic mass is 9.92. The minimum atomic E-state index is -0.732. The van der Waals surface area contributed by atoms with Crippen LogP contribution < -0.4 is 0 Å². The number of rotatable bonds is 7. The number of hydrogen-bond acceptors (Lipinski definition) is 3. The summed E-state index contributed by atoms with van der Waals surface area (Å²) in [5.74, 6) is 0.146. The monoisotopic (exact) mass is 391 g/mol. The van der Waals surface area contributed by atoms with Crippen LogP contribution in [-0.4, -0.2) is 27.4 Å².